The second-order valence-corrected chi connectivity index (χ2v) is 5.90. The van der Waals surface area contributed by atoms with Gasteiger partial charge in [0.1, 0.15) is 5.69 Å². The van der Waals surface area contributed by atoms with Crippen LogP contribution in [0.1, 0.15) is 42.2 Å². The maximum Gasteiger partial charge on any atom is 0.287 e. The van der Waals surface area contributed by atoms with E-state index in [0.29, 0.717) is 5.69 Å². The number of likely N-dealkylation sites (N-methyl/N-ethyl adjacent to an activating group) is 1. The van der Waals surface area contributed by atoms with Crippen molar-refractivity contribution >= 4 is 11.6 Å². The lowest BCUT2D eigenvalue weighted by Gasteiger charge is -2.31. The molecule has 1 atom stereocenters. The lowest BCUT2D eigenvalue weighted by Crippen LogP contribution is -2.47. The minimum absolute atomic E-state index is 0.000388. The largest absolute Gasteiger partial charge is 0.336 e. The fraction of sp³-hybridized carbons (Fsp3) is 0.643. The molecule has 1 saturated heterocycles. The molecule has 1 aromatic heterocycles. The van der Waals surface area contributed by atoms with Crippen LogP contribution < -0.4 is 5.32 Å². The monoisotopic (exact) mass is 292 g/mol. The molecule has 1 aromatic rings. The first-order chi connectivity index (χ1) is 10.1. The summed E-state index contributed by atoms with van der Waals surface area (Å²) in [5.74, 6) is -0.122. The summed E-state index contributed by atoms with van der Waals surface area (Å²) in [5, 5.41) is 14.2. The zero-order valence-electron chi connectivity index (χ0n) is 12.1. The van der Waals surface area contributed by atoms with Gasteiger partial charge in [-0.05, 0) is 32.2 Å². The molecule has 3 rings (SSSR count). The molecule has 2 heterocycles. The number of hydrogen-bond donors (Lipinski definition) is 1. The quantitative estimate of drug-likeness (QED) is 0.674. The van der Waals surface area contributed by atoms with Gasteiger partial charge in [0.2, 0.25) is 0 Å². The van der Waals surface area contributed by atoms with Crippen LogP contribution in [0, 0.1) is 10.1 Å². The van der Waals surface area contributed by atoms with Crippen molar-refractivity contribution in [3.8, 4) is 0 Å². The Bertz CT molecular complexity index is 559. The van der Waals surface area contributed by atoms with Gasteiger partial charge in [0.25, 0.3) is 11.6 Å². The summed E-state index contributed by atoms with van der Waals surface area (Å²) in [4.78, 5) is 24.9. The van der Waals surface area contributed by atoms with Crippen LogP contribution in [0.2, 0.25) is 0 Å². The van der Waals surface area contributed by atoms with E-state index in [9.17, 15) is 14.9 Å². The van der Waals surface area contributed by atoms with E-state index in [1.54, 1.807) is 16.5 Å². The van der Waals surface area contributed by atoms with Crippen LogP contribution in [0.25, 0.3) is 0 Å². The zero-order chi connectivity index (χ0) is 15.0. The second-order valence-electron chi connectivity index (χ2n) is 5.90. The van der Waals surface area contributed by atoms with Crippen LogP contribution in [0.15, 0.2) is 12.3 Å². The average Bonchev–Trinajstić information content (AvgIpc) is 3.25. The topological polar surface area (TPSA) is 80.4 Å². The van der Waals surface area contributed by atoms with Crippen LogP contribution in [0.5, 0.6) is 0 Å². The maximum atomic E-state index is 12.7. The Balaban J connectivity index is 1.84. The molecule has 1 amide bonds. The Morgan fingerprint density at radius 1 is 1.48 bits per heavy atom. The number of amides is 1. The molecule has 1 aliphatic carbocycles. The summed E-state index contributed by atoms with van der Waals surface area (Å²) in [6.45, 7) is 1.77. The molecule has 1 saturated carbocycles. The number of nitrogens with one attached hydrogen (secondary N) is 1. The molecule has 7 nitrogen and oxygen atoms in total. The summed E-state index contributed by atoms with van der Waals surface area (Å²) in [5.41, 5.74) is 0.442. The van der Waals surface area contributed by atoms with E-state index in [0.717, 1.165) is 38.8 Å². The Hall–Kier alpha value is -1.89. The number of carbonyl (C=O) groups is 1. The van der Waals surface area contributed by atoms with E-state index in [1.165, 1.54) is 12.3 Å². The molecule has 0 spiro atoms. The standard InChI is InChI=1S/C14H20N4O3/c1-16(11-3-2-6-15-8-11)14(19)13-7-12(18(20)21)9-17(13)10-4-5-10/h7,9-11,15H,2-6,8H2,1H3. The van der Waals surface area contributed by atoms with E-state index in [2.05, 4.69) is 5.32 Å². The highest BCUT2D eigenvalue weighted by Gasteiger charge is 2.33. The Morgan fingerprint density at radius 3 is 2.81 bits per heavy atom. The molecule has 0 bridgehead atoms. The van der Waals surface area contributed by atoms with Crippen LogP contribution in [0.3, 0.4) is 0 Å². The first kappa shape index (κ1) is 14.1. The van der Waals surface area contributed by atoms with Crippen LogP contribution in [0.4, 0.5) is 5.69 Å². The van der Waals surface area contributed by atoms with Crippen molar-refractivity contribution in [2.45, 2.75) is 37.8 Å². The zero-order valence-corrected chi connectivity index (χ0v) is 12.1. The average molecular weight is 292 g/mol. The van der Waals surface area contributed by atoms with Gasteiger partial charge in [0.05, 0.1) is 11.1 Å². The number of carbonyl (C=O) groups excluding carboxylic acids is 1. The second kappa shape index (κ2) is 5.48. The Morgan fingerprint density at radius 2 is 2.24 bits per heavy atom. The van der Waals surface area contributed by atoms with E-state index >= 15 is 0 Å². The van der Waals surface area contributed by atoms with Crippen LogP contribution >= 0.6 is 0 Å². The fourth-order valence-electron chi connectivity index (χ4n) is 2.90. The third kappa shape index (κ3) is 2.78. The predicted octanol–water partition coefficient (Wildman–Crippen LogP) is 1.56. The fourth-order valence-corrected chi connectivity index (χ4v) is 2.90. The van der Waals surface area contributed by atoms with Crippen molar-refractivity contribution in [2.24, 2.45) is 0 Å². The van der Waals surface area contributed by atoms with Crippen molar-refractivity contribution in [1.29, 1.82) is 0 Å². The van der Waals surface area contributed by atoms with Crippen LogP contribution in [-0.2, 0) is 0 Å². The van der Waals surface area contributed by atoms with Crippen molar-refractivity contribution in [1.82, 2.24) is 14.8 Å². The normalized spacial score (nSPS) is 22.0. The number of nitro groups is 1. The highest BCUT2D eigenvalue weighted by Crippen LogP contribution is 2.38. The van der Waals surface area contributed by atoms with E-state index in [4.69, 9.17) is 0 Å². The van der Waals surface area contributed by atoms with Crippen molar-refractivity contribution in [3.63, 3.8) is 0 Å². The molecular weight excluding hydrogens is 272 g/mol. The van der Waals surface area contributed by atoms with E-state index < -0.39 is 4.92 Å². The first-order valence-electron chi connectivity index (χ1n) is 7.42. The van der Waals surface area contributed by atoms with Gasteiger partial charge in [0, 0.05) is 31.7 Å². The van der Waals surface area contributed by atoms with Gasteiger partial charge in [0.15, 0.2) is 0 Å². The maximum absolute atomic E-state index is 12.7. The summed E-state index contributed by atoms with van der Waals surface area (Å²) < 4.78 is 1.78. The van der Waals surface area contributed by atoms with E-state index in [-0.39, 0.29) is 23.7 Å². The smallest absolute Gasteiger partial charge is 0.287 e. The van der Waals surface area contributed by atoms with Gasteiger partial charge >= 0.3 is 0 Å². The highest BCUT2D eigenvalue weighted by atomic mass is 16.6. The van der Waals surface area contributed by atoms with Gasteiger partial charge in [-0.15, -0.1) is 0 Å². The van der Waals surface area contributed by atoms with Gasteiger partial charge < -0.3 is 14.8 Å². The molecular formula is C14H20N4O3. The van der Waals surface area contributed by atoms with Gasteiger partial charge in [-0.3, -0.25) is 14.9 Å². The predicted molar refractivity (Wildman–Crippen MR) is 77.3 cm³/mol. The summed E-state index contributed by atoms with van der Waals surface area (Å²) in [6, 6.07) is 1.82. The molecule has 7 heteroatoms. The molecule has 114 valence electrons. The molecule has 1 unspecified atom stereocenters. The Kier molecular flexibility index (Phi) is 3.67. The molecule has 21 heavy (non-hydrogen) atoms. The Labute approximate surface area is 123 Å². The molecule has 1 aliphatic heterocycles. The van der Waals surface area contributed by atoms with E-state index in [1.807, 2.05) is 0 Å². The summed E-state index contributed by atoms with van der Waals surface area (Å²) in [7, 11) is 1.79. The third-order valence-electron chi connectivity index (χ3n) is 4.34. The van der Waals surface area contributed by atoms with Gasteiger partial charge in [-0.1, -0.05) is 0 Å². The van der Waals surface area contributed by atoms with Crippen molar-refractivity contribution in [2.75, 3.05) is 20.1 Å². The summed E-state index contributed by atoms with van der Waals surface area (Å²) in [6.07, 6.45) is 5.49. The number of rotatable bonds is 4. The minimum Gasteiger partial charge on any atom is -0.336 e. The van der Waals surface area contributed by atoms with Gasteiger partial charge in [-0.2, -0.15) is 0 Å². The third-order valence-corrected chi connectivity index (χ3v) is 4.34. The van der Waals surface area contributed by atoms with Crippen LogP contribution in [-0.4, -0.2) is 46.5 Å². The molecule has 0 aromatic carbocycles. The first-order valence-corrected chi connectivity index (χ1v) is 7.42. The number of nitrogens with zero attached hydrogens (tertiary/aromatic N) is 3. The van der Waals surface area contributed by atoms with Crippen molar-refractivity contribution < 1.29 is 9.72 Å². The number of aromatic nitrogens is 1. The number of hydrogen-bond acceptors (Lipinski definition) is 4. The SMILES string of the molecule is CN(C(=O)c1cc([N+](=O)[O-])cn1C1CC1)C1CCCNC1. The molecule has 1 N–H and O–H groups in total. The minimum atomic E-state index is -0.433. The molecule has 2 fully saturated rings. The highest BCUT2D eigenvalue weighted by molar-refractivity contribution is 5.93. The van der Waals surface area contributed by atoms with Crippen molar-refractivity contribution in [3.05, 3.63) is 28.1 Å². The number of piperidine rings is 1. The lowest BCUT2D eigenvalue weighted by molar-refractivity contribution is -0.384. The summed E-state index contributed by atoms with van der Waals surface area (Å²) >= 11 is 0. The van der Waals surface area contributed by atoms with Gasteiger partial charge in [-0.25, -0.2) is 0 Å². The molecule has 0 radical (unpaired) electrons. The molecule has 2 aliphatic rings. The lowest BCUT2D eigenvalue weighted by atomic mass is 10.1.